The quantitative estimate of drug-likeness (QED) is 0.247. The van der Waals surface area contributed by atoms with E-state index in [-0.39, 0.29) is 29.5 Å². The molecule has 0 aromatic heterocycles. The van der Waals surface area contributed by atoms with Crippen molar-refractivity contribution < 1.29 is 22.4 Å². The molecule has 0 radical (unpaired) electrons. The molecular weight excluding hydrogens is 400 g/mol. The van der Waals surface area contributed by atoms with Gasteiger partial charge in [-0.3, -0.25) is 4.79 Å². The number of anilines is 3. The molecule has 2 aromatic carbocycles. The van der Waals surface area contributed by atoms with Crippen LogP contribution in [0, 0.1) is 5.82 Å². The van der Waals surface area contributed by atoms with Gasteiger partial charge in [0.2, 0.25) is 5.91 Å². The van der Waals surface area contributed by atoms with Gasteiger partial charge in [0, 0.05) is 13.0 Å². The van der Waals surface area contributed by atoms with Crippen LogP contribution in [0.1, 0.15) is 43.2 Å². The molecule has 0 saturated carbocycles. The van der Waals surface area contributed by atoms with Crippen LogP contribution in [-0.2, 0) is 17.5 Å². The fraction of sp³-hybridized carbons (Fsp3) is 0.381. The van der Waals surface area contributed by atoms with Gasteiger partial charge in [0.15, 0.2) is 5.82 Å². The summed E-state index contributed by atoms with van der Waals surface area (Å²) in [6.45, 7) is 0.740. The minimum atomic E-state index is -4.41. The number of carbonyl (C=O) groups is 1. The zero-order chi connectivity index (χ0) is 22.1. The molecule has 9 heteroatoms. The van der Waals surface area contributed by atoms with Crippen molar-refractivity contribution in [1.29, 1.82) is 0 Å². The third kappa shape index (κ3) is 6.91. The Morgan fingerprint density at radius 1 is 0.933 bits per heavy atom. The number of rotatable bonds is 10. The molecule has 0 spiro atoms. The zero-order valence-electron chi connectivity index (χ0n) is 16.5. The highest BCUT2D eigenvalue weighted by molar-refractivity contribution is 5.94. The molecule has 0 fully saturated rings. The number of nitrogen functional groups attached to an aromatic ring is 1. The zero-order valence-corrected chi connectivity index (χ0v) is 16.5. The van der Waals surface area contributed by atoms with E-state index in [1.807, 2.05) is 0 Å². The molecule has 0 aliphatic heterocycles. The number of amides is 1. The fourth-order valence-corrected chi connectivity index (χ4v) is 2.84. The number of alkyl halides is 3. The van der Waals surface area contributed by atoms with E-state index in [2.05, 4.69) is 10.6 Å². The third-order valence-electron chi connectivity index (χ3n) is 4.58. The average Bonchev–Trinajstić information content (AvgIpc) is 2.70. The van der Waals surface area contributed by atoms with Gasteiger partial charge < -0.3 is 22.1 Å². The van der Waals surface area contributed by atoms with Crippen LogP contribution in [-0.4, -0.2) is 12.5 Å². The SMILES string of the molecule is NCCCCCCC(=O)Nc1ccc(NCc2ccc(C(F)(F)F)cc2)c(F)c1N. The topological polar surface area (TPSA) is 93.2 Å². The normalized spacial score (nSPS) is 11.4. The van der Waals surface area contributed by atoms with Gasteiger partial charge in [-0.2, -0.15) is 13.2 Å². The standard InChI is InChI=1S/C21H26F4N4O/c22-19-16(28-13-14-6-8-15(9-7-14)21(23,24)25)10-11-17(20(19)27)29-18(30)5-3-1-2-4-12-26/h6-11,28H,1-5,12-13,26-27H2,(H,29,30). The Hall–Kier alpha value is -2.81. The first-order valence-corrected chi connectivity index (χ1v) is 9.70. The predicted octanol–water partition coefficient (Wildman–Crippen LogP) is 4.89. The molecule has 0 unspecified atom stereocenters. The van der Waals surface area contributed by atoms with E-state index >= 15 is 0 Å². The van der Waals surface area contributed by atoms with E-state index in [9.17, 15) is 22.4 Å². The van der Waals surface area contributed by atoms with Crippen molar-refractivity contribution in [1.82, 2.24) is 0 Å². The van der Waals surface area contributed by atoms with Crippen molar-refractivity contribution in [3.8, 4) is 0 Å². The van der Waals surface area contributed by atoms with Crippen LogP contribution in [0.2, 0.25) is 0 Å². The van der Waals surface area contributed by atoms with Gasteiger partial charge in [-0.15, -0.1) is 0 Å². The first-order valence-electron chi connectivity index (χ1n) is 9.70. The Morgan fingerprint density at radius 3 is 2.20 bits per heavy atom. The Labute approximate surface area is 172 Å². The minimum Gasteiger partial charge on any atom is -0.395 e. The van der Waals surface area contributed by atoms with Crippen LogP contribution >= 0.6 is 0 Å². The summed E-state index contributed by atoms with van der Waals surface area (Å²) < 4.78 is 52.3. The number of halogens is 4. The number of unbranched alkanes of at least 4 members (excludes halogenated alkanes) is 3. The predicted molar refractivity (Wildman–Crippen MR) is 110 cm³/mol. The summed E-state index contributed by atoms with van der Waals surface area (Å²) in [5.74, 6) is -0.984. The molecule has 5 nitrogen and oxygen atoms in total. The molecular formula is C21H26F4N4O. The van der Waals surface area contributed by atoms with Crippen molar-refractivity contribution in [3.05, 3.63) is 53.3 Å². The van der Waals surface area contributed by atoms with E-state index in [4.69, 9.17) is 11.5 Å². The highest BCUT2D eigenvalue weighted by atomic mass is 19.4. The largest absolute Gasteiger partial charge is 0.416 e. The molecule has 30 heavy (non-hydrogen) atoms. The van der Waals surface area contributed by atoms with Crippen LogP contribution in [0.3, 0.4) is 0 Å². The van der Waals surface area contributed by atoms with Crippen molar-refractivity contribution in [2.45, 2.75) is 44.8 Å². The molecule has 0 atom stereocenters. The monoisotopic (exact) mass is 426 g/mol. The van der Waals surface area contributed by atoms with Crippen LogP contribution in [0.15, 0.2) is 36.4 Å². The summed E-state index contributed by atoms with van der Waals surface area (Å²) in [7, 11) is 0. The van der Waals surface area contributed by atoms with Gasteiger partial charge in [0.05, 0.1) is 22.6 Å². The Kier molecular flexibility index (Phi) is 8.46. The minimum absolute atomic E-state index is 0.0900. The Bertz CT molecular complexity index is 838. The van der Waals surface area contributed by atoms with Crippen LogP contribution in [0.25, 0.3) is 0 Å². The maximum Gasteiger partial charge on any atom is 0.416 e. The van der Waals surface area contributed by atoms with Crippen molar-refractivity contribution >= 4 is 23.0 Å². The summed E-state index contributed by atoms with van der Waals surface area (Å²) in [5.41, 5.74) is 11.1. The summed E-state index contributed by atoms with van der Waals surface area (Å²) >= 11 is 0. The highest BCUT2D eigenvalue weighted by Gasteiger charge is 2.29. The van der Waals surface area contributed by atoms with Gasteiger partial charge in [0.1, 0.15) is 0 Å². The number of benzene rings is 2. The van der Waals surface area contributed by atoms with Gasteiger partial charge in [0.25, 0.3) is 0 Å². The third-order valence-corrected chi connectivity index (χ3v) is 4.58. The first kappa shape index (κ1) is 23.5. The second-order valence-corrected chi connectivity index (χ2v) is 6.94. The van der Waals surface area contributed by atoms with E-state index < -0.39 is 17.6 Å². The number of nitrogens with two attached hydrogens (primary N) is 2. The second kappa shape index (κ2) is 10.8. The lowest BCUT2D eigenvalue weighted by molar-refractivity contribution is -0.137. The number of nitrogens with one attached hydrogen (secondary N) is 2. The van der Waals surface area contributed by atoms with Gasteiger partial charge in [-0.1, -0.05) is 25.0 Å². The molecule has 164 valence electrons. The van der Waals surface area contributed by atoms with E-state index in [0.29, 0.717) is 24.9 Å². The average molecular weight is 426 g/mol. The van der Waals surface area contributed by atoms with Crippen molar-refractivity contribution in [2.24, 2.45) is 5.73 Å². The van der Waals surface area contributed by atoms with Crippen LogP contribution in [0.4, 0.5) is 34.6 Å². The first-order chi connectivity index (χ1) is 14.2. The summed E-state index contributed by atoms with van der Waals surface area (Å²) in [5, 5.41) is 5.40. The summed E-state index contributed by atoms with van der Waals surface area (Å²) in [6, 6.07) is 7.48. The molecule has 0 aliphatic carbocycles. The van der Waals surface area contributed by atoms with E-state index in [1.54, 1.807) is 0 Å². The molecule has 2 rings (SSSR count). The van der Waals surface area contributed by atoms with Gasteiger partial charge >= 0.3 is 6.18 Å². The van der Waals surface area contributed by atoms with Crippen LogP contribution < -0.4 is 22.1 Å². The molecule has 0 saturated heterocycles. The molecule has 6 N–H and O–H groups in total. The maximum absolute atomic E-state index is 14.5. The summed E-state index contributed by atoms with van der Waals surface area (Å²) in [6.07, 6.45) is -0.625. The smallest absolute Gasteiger partial charge is 0.395 e. The Morgan fingerprint density at radius 2 is 1.57 bits per heavy atom. The lowest BCUT2D eigenvalue weighted by Gasteiger charge is -2.14. The lowest BCUT2D eigenvalue weighted by Crippen LogP contribution is -2.14. The lowest BCUT2D eigenvalue weighted by atomic mass is 10.1. The maximum atomic E-state index is 14.5. The van der Waals surface area contributed by atoms with E-state index in [1.165, 1.54) is 24.3 Å². The highest BCUT2D eigenvalue weighted by Crippen LogP contribution is 2.30. The number of hydrogen-bond acceptors (Lipinski definition) is 4. The van der Waals surface area contributed by atoms with Gasteiger partial charge in [-0.05, 0) is 49.2 Å². The fourth-order valence-electron chi connectivity index (χ4n) is 2.84. The van der Waals surface area contributed by atoms with Crippen molar-refractivity contribution in [2.75, 3.05) is 22.9 Å². The summed E-state index contributed by atoms with van der Waals surface area (Å²) in [4.78, 5) is 12.0. The Balaban J connectivity index is 1.92. The van der Waals surface area contributed by atoms with Crippen LogP contribution in [0.5, 0.6) is 0 Å². The number of hydrogen-bond donors (Lipinski definition) is 4. The van der Waals surface area contributed by atoms with E-state index in [0.717, 1.165) is 31.4 Å². The molecule has 0 aliphatic rings. The molecule has 2 aromatic rings. The number of carbonyl (C=O) groups excluding carboxylic acids is 1. The van der Waals surface area contributed by atoms with Gasteiger partial charge in [-0.25, -0.2) is 4.39 Å². The molecule has 0 heterocycles. The second-order valence-electron chi connectivity index (χ2n) is 6.94. The van der Waals surface area contributed by atoms with Crippen molar-refractivity contribution in [3.63, 3.8) is 0 Å². The molecule has 1 amide bonds. The molecule has 0 bridgehead atoms.